The number of nitrogens with one attached hydrogen (secondary N) is 1. The molecule has 0 fully saturated rings. The highest BCUT2D eigenvalue weighted by molar-refractivity contribution is 6.05. The topological polar surface area (TPSA) is 86.1 Å². The van der Waals surface area contributed by atoms with Gasteiger partial charge in [-0.15, -0.1) is 0 Å². The molecule has 0 saturated heterocycles. The minimum atomic E-state index is -0.621. The molecule has 0 aliphatic heterocycles. The first-order valence-electron chi connectivity index (χ1n) is 10.5. The number of hydrogen-bond acceptors (Lipinski definition) is 5. The summed E-state index contributed by atoms with van der Waals surface area (Å²) in [4.78, 5) is 29.8. The van der Waals surface area contributed by atoms with Crippen molar-refractivity contribution >= 4 is 22.9 Å². The zero-order valence-electron chi connectivity index (χ0n) is 18.3. The van der Waals surface area contributed by atoms with E-state index >= 15 is 0 Å². The molecule has 0 radical (unpaired) electrons. The van der Waals surface area contributed by atoms with Gasteiger partial charge in [0.2, 0.25) is 0 Å². The van der Waals surface area contributed by atoms with Crippen molar-refractivity contribution in [3.63, 3.8) is 0 Å². The van der Waals surface area contributed by atoms with Crippen LogP contribution in [0.3, 0.4) is 0 Å². The molecule has 0 unspecified atom stereocenters. The highest BCUT2D eigenvalue weighted by atomic mass is 19.1. The van der Waals surface area contributed by atoms with Gasteiger partial charge in [0, 0.05) is 19.2 Å². The number of nitrogens with zero attached hydrogens (tertiary/aromatic N) is 3. The van der Waals surface area contributed by atoms with Gasteiger partial charge in [-0.2, -0.15) is 5.10 Å². The van der Waals surface area contributed by atoms with Crippen LogP contribution in [0.1, 0.15) is 21.6 Å². The van der Waals surface area contributed by atoms with E-state index < -0.39 is 18.5 Å². The monoisotopic (exact) mass is 446 g/mol. The van der Waals surface area contributed by atoms with Gasteiger partial charge >= 0.3 is 5.97 Å². The van der Waals surface area contributed by atoms with E-state index in [1.54, 1.807) is 36.9 Å². The normalized spacial score (nSPS) is 10.9. The molecule has 0 aliphatic carbocycles. The molecule has 2 aromatic heterocycles. The molecule has 0 saturated carbocycles. The standard InChI is InChI=1S/C25H23FN4O3/c1-16-23-20(14-21(18-6-4-3-5-7-18)28-24(23)30(2)29-16)25(32)33-15-22(31)27-13-12-17-8-10-19(26)11-9-17/h3-11,14H,12-13,15H2,1-2H3,(H,27,31). The van der Waals surface area contributed by atoms with Crippen molar-refractivity contribution in [3.05, 3.63) is 83.3 Å². The number of hydrogen-bond donors (Lipinski definition) is 1. The molecule has 2 aromatic carbocycles. The fourth-order valence-electron chi connectivity index (χ4n) is 3.62. The summed E-state index contributed by atoms with van der Waals surface area (Å²) in [5, 5.41) is 7.68. The van der Waals surface area contributed by atoms with E-state index in [2.05, 4.69) is 15.4 Å². The molecule has 0 bridgehead atoms. The summed E-state index contributed by atoms with van der Waals surface area (Å²) in [6.07, 6.45) is 0.542. The molecule has 4 rings (SSSR count). The van der Waals surface area contributed by atoms with Crippen LogP contribution in [0.4, 0.5) is 4.39 Å². The van der Waals surface area contributed by atoms with Gasteiger partial charge in [-0.25, -0.2) is 14.2 Å². The third-order valence-corrected chi connectivity index (χ3v) is 5.24. The van der Waals surface area contributed by atoms with Crippen LogP contribution in [0.25, 0.3) is 22.3 Å². The maximum atomic E-state index is 13.0. The molecule has 0 atom stereocenters. The van der Waals surface area contributed by atoms with Crippen LogP contribution in [0.2, 0.25) is 0 Å². The number of benzene rings is 2. The zero-order chi connectivity index (χ0) is 23.4. The lowest BCUT2D eigenvalue weighted by molar-refractivity contribution is -0.124. The Balaban J connectivity index is 1.46. The minimum Gasteiger partial charge on any atom is -0.452 e. The number of carbonyl (C=O) groups is 2. The van der Waals surface area contributed by atoms with Crippen LogP contribution in [-0.4, -0.2) is 39.8 Å². The smallest absolute Gasteiger partial charge is 0.339 e. The Morgan fingerprint density at radius 2 is 1.82 bits per heavy atom. The van der Waals surface area contributed by atoms with E-state index in [0.717, 1.165) is 11.1 Å². The Kier molecular flexibility index (Phi) is 6.44. The number of halogens is 1. The number of aromatic nitrogens is 3. The lowest BCUT2D eigenvalue weighted by Gasteiger charge is -2.09. The lowest BCUT2D eigenvalue weighted by Crippen LogP contribution is -2.30. The van der Waals surface area contributed by atoms with Gasteiger partial charge in [-0.05, 0) is 37.1 Å². The van der Waals surface area contributed by atoms with E-state index in [9.17, 15) is 14.0 Å². The van der Waals surface area contributed by atoms with Crippen molar-refractivity contribution in [1.29, 1.82) is 0 Å². The maximum absolute atomic E-state index is 13.0. The Bertz CT molecular complexity index is 1300. The van der Waals surface area contributed by atoms with Crippen LogP contribution in [0.5, 0.6) is 0 Å². The molecule has 168 valence electrons. The maximum Gasteiger partial charge on any atom is 0.339 e. The molecule has 33 heavy (non-hydrogen) atoms. The van der Waals surface area contributed by atoms with Crippen molar-refractivity contribution in [2.75, 3.05) is 13.2 Å². The summed E-state index contributed by atoms with van der Waals surface area (Å²) in [6, 6.07) is 17.2. The molecule has 8 heteroatoms. The number of aryl methyl sites for hydroxylation is 2. The molecule has 4 aromatic rings. The summed E-state index contributed by atoms with van der Waals surface area (Å²) >= 11 is 0. The third kappa shape index (κ3) is 5.06. The van der Waals surface area contributed by atoms with Crippen LogP contribution >= 0.6 is 0 Å². The van der Waals surface area contributed by atoms with Gasteiger partial charge in [-0.3, -0.25) is 9.48 Å². The highest BCUT2D eigenvalue weighted by Gasteiger charge is 2.21. The molecular formula is C25H23FN4O3. The fourth-order valence-corrected chi connectivity index (χ4v) is 3.62. The number of esters is 1. The Labute approximate surface area is 190 Å². The van der Waals surface area contributed by atoms with Crippen LogP contribution in [0.15, 0.2) is 60.7 Å². The van der Waals surface area contributed by atoms with E-state index in [0.29, 0.717) is 41.0 Å². The van der Waals surface area contributed by atoms with Crippen molar-refractivity contribution in [2.45, 2.75) is 13.3 Å². The zero-order valence-corrected chi connectivity index (χ0v) is 18.3. The predicted molar refractivity (Wildman–Crippen MR) is 122 cm³/mol. The quantitative estimate of drug-likeness (QED) is 0.439. The van der Waals surface area contributed by atoms with E-state index in [4.69, 9.17) is 4.74 Å². The summed E-state index contributed by atoms with van der Waals surface area (Å²) < 4.78 is 19.9. The highest BCUT2D eigenvalue weighted by Crippen LogP contribution is 2.27. The van der Waals surface area contributed by atoms with Crippen LogP contribution in [0, 0.1) is 12.7 Å². The van der Waals surface area contributed by atoms with Gasteiger partial charge < -0.3 is 10.1 Å². The second-order valence-corrected chi connectivity index (χ2v) is 7.63. The van der Waals surface area contributed by atoms with Crippen LogP contribution < -0.4 is 5.32 Å². The van der Waals surface area contributed by atoms with Crippen molar-refractivity contribution in [1.82, 2.24) is 20.1 Å². The van der Waals surface area contributed by atoms with Crippen LogP contribution in [-0.2, 0) is 23.0 Å². The average Bonchev–Trinajstić information content (AvgIpc) is 3.12. The van der Waals surface area contributed by atoms with Crippen molar-refractivity contribution in [2.24, 2.45) is 7.05 Å². The third-order valence-electron chi connectivity index (χ3n) is 5.24. The number of pyridine rings is 1. The number of rotatable bonds is 7. The van der Waals surface area contributed by atoms with Gasteiger partial charge in [0.1, 0.15) is 5.82 Å². The largest absolute Gasteiger partial charge is 0.452 e. The number of carbonyl (C=O) groups excluding carboxylic acids is 2. The number of amides is 1. The Morgan fingerprint density at radius 3 is 2.55 bits per heavy atom. The molecule has 1 N–H and O–H groups in total. The summed E-state index contributed by atoms with van der Waals surface area (Å²) in [5.41, 5.74) is 3.88. The molecular weight excluding hydrogens is 423 g/mol. The average molecular weight is 446 g/mol. The summed E-state index contributed by atoms with van der Waals surface area (Å²) in [5.74, 6) is -1.34. The van der Waals surface area contributed by atoms with Gasteiger partial charge in [0.15, 0.2) is 12.3 Å². The van der Waals surface area contributed by atoms with E-state index in [1.807, 2.05) is 30.3 Å². The van der Waals surface area contributed by atoms with Gasteiger partial charge in [0.25, 0.3) is 5.91 Å². The molecule has 1 amide bonds. The molecule has 2 heterocycles. The van der Waals surface area contributed by atoms with E-state index in [1.165, 1.54) is 12.1 Å². The summed E-state index contributed by atoms with van der Waals surface area (Å²) in [7, 11) is 1.76. The minimum absolute atomic E-state index is 0.306. The second-order valence-electron chi connectivity index (χ2n) is 7.63. The Hall–Kier alpha value is -4.07. The van der Waals surface area contributed by atoms with Crippen molar-refractivity contribution in [3.8, 4) is 11.3 Å². The predicted octanol–water partition coefficient (Wildman–Crippen LogP) is 3.60. The molecule has 0 spiro atoms. The number of ether oxygens (including phenoxy) is 1. The fraction of sp³-hybridized carbons (Fsp3) is 0.200. The lowest BCUT2D eigenvalue weighted by atomic mass is 10.1. The first-order chi connectivity index (χ1) is 15.9. The number of fused-ring (bicyclic) bond motifs is 1. The molecule has 0 aliphatic rings. The second kappa shape index (κ2) is 9.60. The van der Waals surface area contributed by atoms with E-state index in [-0.39, 0.29) is 5.82 Å². The molecule has 7 nitrogen and oxygen atoms in total. The first kappa shape index (κ1) is 22.1. The van der Waals surface area contributed by atoms with Gasteiger partial charge in [0.05, 0.1) is 22.3 Å². The Morgan fingerprint density at radius 1 is 1.09 bits per heavy atom. The van der Waals surface area contributed by atoms with Gasteiger partial charge in [-0.1, -0.05) is 42.5 Å². The van der Waals surface area contributed by atoms with Crippen molar-refractivity contribution < 1.29 is 18.7 Å². The SMILES string of the molecule is Cc1nn(C)c2nc(-c3ccccc3)cc(C(=O)OCC(=O)NCCc3ccc(F)cc3)c12. The first-order valence-corrected chi connectivity index (χ1v) is 10.5. The summed E-state index contributed by atoms with van der Waals surface area (Å²) in [6.45, 7) is 1.73.